The highest BCUT2D eigenvalue weighted by atomic mass is 35.5. The zero-order chi connectivity index (χ0) is 14.7. The lowest BCUT2D eigenvalue weighted by atomic mass is 10.2. The SMILES string of the molecule is COCC(=O)COC.Cl.NCc1ccc([N+](=O)[O-])cc1. The number of nitrogens with zero attached hydrogens (tertiary/aromatic N) is 1. The molecule has 1 aromatic carbocycles. The van der Waals surface area contributed by atoms with Gasteiger partial charge >= 0.3 is 0 Å². The lowest BCUT2D eigenvalue weighted by molar-refractivity contribution is -0.384. The maximum Gasteiger partial charge on any atom is 0.269 e. The first-order chi connectivity index (χ1) is 9.04. The number of halogens is 1. The van der Waals surface area contributed by atoms with Gasteiger partial charge in [-0.15, -0.1) is 12.4 Å². The van der Waals surface area contributed by atoms with Gasteiger partial charge < -0.3 is 15.2 Å². The molecule has 0 aromatic heterocycles. The van der Waals surface area contributed by atoms with Crippen LogP contribution in [0.25, 0.3) is 0 Å². The fraction of sp³-hybridized carbons (Fsp3) is 0.417. The summed E-state index contributed by atoms with van der Waals surface area (Å²) in [6, 6.07) is 6.20. The highest BCUT2D eigenvalue weighted by molar-refractivity contribution is 5.85. The molecule has 0 aliphatic carbocycles. The minimum atomic E-state index is -0.430. The van der Waals surface area contributed by atoms with Crippen LogP contribution in [0.2, 0.25) is 0 Å². The number of benzene rings is 1. The first kappa shape index (κ1) is 20.8. The Labute approximate surface area is 123 Å². The Kier molecular flexibility index (Phi) is 13.0. The van der Waals surface area contributed by atoms with Crippen LogP contribution in [0.4, 0.5) is 5.69 Å². The van der Waals surface area contributed by atoms with Gasteiger partial charge in [0.05, 0.1) is 4.92 Å². The van der Waals surface area contributed by atoms with Crippen molar-refractivity contribution in [3.8, 4) is 0 Å². The molecule has 0 fully saturated rings. The van der Waals surface area contributed by atoms with Crippen molar-refractivity contribution in [1.29, 1.82) is 0 Å². The molecule has 114 valence electrons. The Morgan fingerprint density at radius 2 is 1.65 bits per heavy atom. The average Bonchev–Trinajstić information content (AvgIpc) is 2.40. The van der Waals surface area contributed by atoms with E-state index in [2.05, 4.69) is 9.47 Å². The first-order valence-electron chi connectivity index (χ1n) is 5.48. The highest BCUT2D eigenvalue weighted by Crippen LogP contribution is 2.10. The molecule has 20 heavy (non-hydrogen) atoms. The number of hydrogen-bond donors (Lipinski definition) is 1. The Morgan fingerprint density at radius 3 is 1.95 bits per heavy atom. The number of nitro groups is 1. The Bertz CT molecular complexity index is 389. The topological polar surface area (TPSA) is 105 Å². The number of carbonyl (C=O) groups excluding carboxylic acids is 1. The number of non-ortho nitro benzene ring substituents is 1. The van der Waals surface area contributed by atoms with Crippen LogP contribution >= 0.6 is 12.4 Å². The molecule has 7 nitrogen and oxygen atoms in total. The van der Waals surface area contributed by atoms with Gasteiger partial charge in [-0.05, 0) is 5.56 Å². The van der Waals surface area contributed by atoms with Crippen LogP contribution in [0, 0.1) is 10.1 Å². The summed E-state index contributed by atoms with van der Waals surface area (Å²) in [6.07, 6.45) is 0. The van der Waals surface area contributed by atoms with Gasteiger partial charge in [-0.1, -0.05) is 12.1 Å². The van der Waals surface area contributed by atoms with Crippen molar-refractivity contribution in [2.75, 3.05) is 27.4 Å². The van der Waals surface area contributed by atoms with E-state index in [0.717, 1.165) is 5.56 Å². The zero-order valence-corrected chi connectivity index (χ0v) is 12.2. The van der Waals surface area contributed by atoms with Crippen LogP contribution in [0.5, 0.6) is 0 Å². The normalized spacial score (nSPS) is 8.95. The first-order valence-corrected chi connectivity index (χ1v) is 5.48. The molecule has 0 unspecified atom stereocenters. The fourth-order valence-corrected chi connectivity index (χ4v) is 1.12. The number of carbonyl (C=O) groups is 1. The molecule has 0 amide bonds. The van der Waals surface area contributed by atoms with Gasteiger partial charge in [0.1, 0.15) is 13.2 Å². The van der Waals surface area contributed by atoms with E-state index in [9.17, 15) is 14.9 Å². The summed E-state index contributed by atoms with van der Waals surface area (Å²) in [5.74, 6) is -0.0324. The molecule has 0 spiro atoms. The van der Waals surface area contributed by atoms with E-state index in [1.807, 2.05) is 0 Å². The number of methoxy groups -OCH3 is 2. The summed E-state index contributed by atoms with van der Waals surface area (Å²) in [7, 11) is 2.96. The summed E-state index contributed by atoms with van der Waals surface area (Å²) >= 11 is 0. The molecule has 1 aromatic rings. The predicted molar refractivity (Wildman–Crippen MR) is 77.0 cm³/mol. The van der Waals surface area contributed by atoms with E-state index >= 15 is 0 Å². The second kappa shape index (κ2) is 12.5. The lowest BCUT2D eigenvalue weighted by Gasteiger charge is -1.94. The second-order valence-electron chi connectivity index (χ2n) is 3.53. The summed E-state index contributed by atoms with van der Waals surface area (Å²) < 4.78 is 9.05. The monoisotopic (exact) mass is 306 g/mol. The standard InChI is InChI=1S/C7H8N2O2.C5H10O3.ClH/c8-5-6-1-3-7(4-2-6)9(10)11;1-7-3-5(6)4-8-2;/h1-4H,5,8H2;3-4H2,1-2H3;1H. The molecule has 2 N–H and O–H groups in total. The van der Waals surface area contributed by atoms with Crippen molar-refractivity contribution in [2.45, 2.75) is 6.54 Å². The van der Waals surface area contributed by atoms with Crippen LogP contribution in [-0.4, -0.2) is 38.1 Å². The van der Waals surface area contributed by atoms with Gasteiger partial charge in [-0.25, -0.2) is 0 Å². The molecule has 8 heteroatoms. The summed E-state index contributed by atoms with van der Waals surface area (Å²) in [5.41, 5.74) is 6.30. The minimum absolute atomic E-state index is 0. The number of ether oxygens (including phenoxy) is 2. The number of hydrogen-bond acceptors (Lipinski definition) is 6. The summed E-state index contributed by atoms with van der Waals surface area (Å²) in [6.45, 7) is 0.708. The maximum atomic E-state index is 10.4. The van der Waals surface area contributed by atoms with Gasteiger partial charge in [0.25, 0.3) is 5.69 Å². The quantitative estimate of drug-likeness (QED) is 0.628. The van der Waals surface area contributed by atoms with E-state index in [1.165, 1.54) is 26.4 Å². The Hall–Kier alpha value is -1.54. The van der Waals surface area contributed by atoms with E-state index in [4.69, 9.17) is 5.73 Å². The molecule has 0 saturated carbocycles. The average molecular weight is 307 g/mol. The third kappa shape index (κ3) is 9.40. The van der Waals surface area contributed by atoms with Gasteiger partial charge in [-0.3, -0.25) is 14.9 Å². The lowest BCUT2D eigenvalue weighted by Crippen LogP contribution is -2.12. The van der Waals surface area contributed by atoms with Crippen LogP contribution in [0.15, 0.2) is 24.3 Å². The molecular weight excluding hydrogens is 288 g/mol. The van der Waals surface area contributed by atoms with Gasteiger partial charge in [-0.2, -0.15) is 0 Å². The molecular formula is C12H19ClN2O5. The zero-order valence-electron chi connectivity index (χ0n) is 11.4. The van der Waals surface area contributed by atoms with E-state index in [-0.39, 0.29) is 37.1 Å². The van der Waals surface area contributed by atoms with Crippen LogP contribution < -0.4 is 5.73 Å². The molecule has 0 aliphatic rings. The number of ketones is 1. The smallest absolute Gasteiger partial charge is 0.269 e. The number of nitro benzene ring substituents is 1. The summed E-state index contributed by atoms with van der Waals surface area (Å²) in [4.78, 5) is 20.1. The molecule has 0 radical (unpaired) electrons. The van der Waals surface area contributed by atoms with Crippen molar-refractivity contribution in [1.82, 2.24) is 0 Å². The number of nitrogens with two attached hydrogens (primary N) is 1. The minimum Gasteiger partial charge on any atom is -0.377 e. The molecule has 1 rings (SSSR count). The number of Topliss-reactive ketones (excluding diaryl/α,β-unsaturated/α-hetero) is 1. The van der Waals surface area contributed by atoms with Crippen LogP contribution in [0.1, 0.15) is 5.56 Å². The largest absolute Gasteiger partial charge is 0.377 e. The van der Waals surface area contributed by atoms with Crippen molar-refractivity contribution in [2.24, 2.45) is 5.73 Å². The Morgan fingerprint density at radius 1 is 1.20 bits per heavy atom. The van der Waals surface area contributed by atoms with E-state index < -0.39 is 4.92 Å². The summed E-state index contributed by atoms with van der Waals surface area (Å²) in [5, 5.41) is 10.2. The van der Waals surface area contributed by atoms with Crippen LogP contribution in [0.3, 0.4) is 0 Å². The molecule has 0 saturated heterocycles. The second-order valence-corrected chi connectivity index (χ2v) is 3.53. The van der Waals surface area contributed by atoms with Gasteiger partial charge in [0.2, 0.25) is 0 Å². The van der Waals surface area contributed by atoms with Gasteiger partial charge in [0.15, 0.2) is 5.78 Å². The van der Waals surface area contributed by atoms with Gasteiger partial charge in [0, 0.05) is 32.9 Å². The van der Waals surface area contributed by atoms with E-state index in [0.29, 0.717) is 6.54 Å². The Balaban J connectivity index is 0. The predicted octanol–water partition coefficient (Wildman–Crippen LogP) is 1.32. The van der Waals surface area contributed by atoms with Crippen LogP contribution in [-0.2, 0) is 20.8 Å². The van der Waals surface area contributed by atoms with Crippen molar-refractivity contribution < 1.29 is 19.2 Å². The molecule has 0 atom stereocenters. The molecule has 0 aliphatic heterocycles. The third-order valence-electron chi connectivity index (χ3n) is 1.99. The van der Waals surface area contributed by atoms with Crippen molar-refractivity contribution >= 4 is 23.9 Å². The highest BCUT2D eigenvalue weighted by Gasteiger charge is 2.01. The third-order valence-corrected chi connectivity index (χ3v) is 1.99. The molecule has 0 bridgehead atoms. The van der Waals surface area contributed by atoms with Crippen molar-refractivity contribution in [3.05, 3.63) is 39.9 Å². The van der Waals surface area contributed by atoms with Crippen molar-refractivity contribution in [3.63, 3.8) is 0 Å². The fourth-order valence-electron chi connectivity index (χ4n) is 1.12. The maximum absolute atomic E-state index is 10.4. The van der Waals surface area contributed by atoms with E-state index in [1.54, 1.807) is 12.1 Å². The molecule has 0 heterocycles. The number of rotatable bonds is 6.